The van der Waals surface area contributed by atoms with Crippen molar-refractivity contribution in [2.45, 2.75) is 19.3 Å². The van der Waals surface area contributed by atoms with Gasteiger partial charge in [0, 0.05) is 32.9 Å². The molecule has 1 N–H and O–H groups in total. The second kappa shape index (κ2) is 7.28. The minimum absolute atomic E-state index is 0.109. The first-order valence-corrected chi connectivity index (χ1v) is 7.87. The van der Waals surface area contributed by atoms with Gasteiger partial charge in [-0.25, -0.2) is 4.98 Å². The molecule has 0 saturated heterocycles. The summed E-state index contributed by atoms with van der Waals surface area (Å²) >= 11 is 0. The zero-order valence-corrected chi connectivity index (χ0v) is 14.0. The summed E-state index contributed by atoms with van der Waals surface area (Å²) in [6.45, 7) is 1.40. The van der Waals surface area contributed by atoms with Gasteiger partial charge in [-0.1, -0.05) is 0 Å². The molecule has 0 saturated carbocycles. The van der Waals surface area contributed by atoms with Gasteiger partial charge >= 0.3 is 6.18 Å². The maximum atomic E-state index is 12.9. The van der Waals surface area contributed by atoms with E-state index < -0.39 is 12.0 Å². The molecule has 0 radical (unpaired) electrons. The van der Waals surface area contributed by atoms with Crippen molar-refractivity contribution < 1.29 is 22.7 Å². The molecular weight excluding hydrogens is 353 g/mol. The van der Waals surface area contributed by atoms with Gasteiger partial charge in [-0.2, -0.15) is 13.2 Å². The number of alkyl halides is 3. The van der Waals surface area contributed by atoms with Crippen LogP contribution in [0.15, 0.2) is 18.3 Å². The third-order valence-corrected chi connectivity index (χ3v) is 3.93. The Kier molecular flexibility index (Phi) is 5.07. The Bertz CT molecular complexity index is 775. The van der Waals surface area contributed by atoms with Crippen LogP contribution in [0.4, 0.5) is 19.0 Å². The van der Waals surface area contributed by atoms with Crippen LogP contribution in [0.25, 0.3) is 0 Å². The Hall–Kier alpha value is -2.69. The number of halogens is 3. The van der Waals surface area contributed by atoms with Crippen molar-refractivity contribution in [3.05, 3.63) is 35.5 Å². The van der Waals surface area contributed by atoms with E-state index in [1.54, 1.807) is 24.1 Å². The van der Waals surface area contributed by atoms with E-state index in [0.717, 1.165) is 4.57 Å². The van der Waals surface area contributed by atoms with Gasteiger partial charge in [0.05, 0.1) is 18.7 Å². The van der Waals surface area contributed by atoms with Gasteiger partial charge in [-0.3, -0.25) is 4.79 Å². The van der Waals surface area contributed by atoms with Crippen LogP contribution in [-0.4, -0.2) is 52.5 Å². The van der Waals surface area contributed by atoms with E-state index in [2.05, 4.69) is 20.5 Å². The summed E-state index contributed by atoms with van der Waals surface area (Å²) < 4.78 is 44.5. The van der Waals surface area contributed by atoms with Crippen molar-refractivity contribution in [3.63, 3.8) is 0 Å². The number of fused-ring (bicyclic) bond motifs is 1. The number of methoxy groups -OCH3 is 1. The van der Waals surface area contributed by atoms with Gasteiger partial charge in [0.2, 0.25) is 5.82 Å². The van der Waals surface area contributed by atoms with E-state index in [1.807, 2.05) is 0 Å². The molecule has 0 unspecified atom stereocenters. The number of amides is 1. The number of aromatic nitrogens is 4. The average molecular weight is 370 g/mol. The summed E-state index contributed by atoms with van der Waals surface area (Å²) in [6, 6.07) is 3.27. The molecule has 0 bridgehead atoms. The minimum Gasteiger partial charge on any atom is -0.383 e. The molecule has 2 aromatic heterocycles. The molecule has 0 spiro atoms. The molecule has 0 atom stereocenters. The fourth-order valence-corrected chi connectivity index (χ4v) is 2.64. The second-order valence-electron chi connectivity index (χ2n) is 5.66. The predicted octanol–water partition coefficient (Wildman–Crippen LogP) is 1.09. The quantitative estimate of drug-likeness (QED) is 0.793. The second-order valence-corrected chi connectivity index (χ2v) is 5.66. The zero-order valence-electron chi connectivity index (χ0n) is 14.0. The molecule has 1 aliphatic heterocycles. The number of rotatable bonds is 5. The molecule has 3 rings (SSSR count). The Morgan fingerprint density at radius 1 is 1.31 bits per heavy atom. The maximum Gasteiger partial charge on any atom is 0.451 e. The van der Waals surface area contributed by atoms with Gasteiger partial charge in [0.25, 0.3) is 5.91 Å². The molecule has 140 valence electrons. The number of nitrogens with zero attached hydrogens (tertiary/aromatic N) is 5. The van der Waals surface area contributed by atoms with Crippen LogP contribution in [0.2, 0.25) is 0 Å². The number of pyridine rings is 1. The normalized spacial score (nSPS) is 14.2. The van der Waals surface area contributed by atoms with Crippen LogP contribution >= 0.6 is 0 Å². The van der Waals surface area contributed by atoms with Crippen LogP contribution in [-0.2, 0) is 24.0 Å². The van der Waals surface area contributed by atoms with Crippen molar-refractivity contribution in [1.82, 2.24) is 25.1 Å². The van der Waals surface area contributed by atoms with Gasteiger partial charge in [-0.05, 0) is 12.1 Å². The Morgan fingerprint density at radius 2 is 2.12 bits per heavy atom. The van der Waals surface area contributed by atoms with E-state index in [4.69, 9.17) is 4.74 Å². The number of ether oxygens (including phenoxy) is 1. The number of hydrogen-bond donors (Lipinski definition) is 1. The molecule has 26 heavy (non-hydrogen) atoms. The zero-order chi connectivity index (χ0) is 18.7. The first-order chi connectivity index (χ1) is 12.4. The van der Waals surface area contributed by atoms with Gasteiger partial charge in [0.1, 0.15) is 5.82 Å². The number of carbonyl (C=O) groups is 1. The van der Waals surface area contributed by atoms with Crippen LogP contribution in [0, 0.1) is 0 Å². The summed E-state index contributed by atoms with van der Waals surface area (Å²) in [5.41, 5.74) is 0.393. The largest absolute Gasteiger partial charge is 0.451 e. The summed E-state index contributed by atoms with van der Waals surface area (Å²) in [5, 5.41) is 9.56. The van der Waals surface area contributed by atoms with E-state index in [1.165, 1.54) is 6.20 Å². The van der Waals surface area contributed by atoms with Crippen molar-refractivity contribution in [2.75, 3.05) is 31.7 Å². The molecule has 2 aromatic rings. The smallest absolute Gasteiger partial charge is 0.383 e. The molecule has 1 amide bonds. The highest BCUT2D eigenvalue weighted by atomic mass is 19.4. The first kappa shape index (κ1) is 18.1. The molecular formula is C15H17F3N6O2. The molecule has 8 nitrogen and oxygen atoms in total. The van der Waals surface area contributed by atoms with E-state index >= 15 is 0 Å². The fourth-order valence-electron chi connectivity index (χ4n) is 2.64. The number of nitrogens with one attached hydrogen (secondary N) is 1. The lowest BCUT2D eigenvalue weighted by Gasteiger charge is -2.28. The van der Waals surface area contributed by atoms with E-state index in [0.29, 0.717) is 31.1 Å². The van der Waals surface area contributed by atoms with Gasteiger partial charge in [-0.15, -0.1) is 10.2 Å². The maximum absolute atomic E-state index is 12.9. The molecule has 11 heteroatoms. The Balaban J connectivity index is 1.68. The van der Waals surface area contributed by atoms with Crippen LogP contribution in [0.5, 0.6) is 0 Å². The average Bonchev–Trinajstić information content (AvgIpc) is 3.05. The van der Waals surface area contributed by atoms with E-state index in [9.17, 15) is 18.0 Å². The van der Waals surface area contributed by atoms with Crippen LogP contribution in [0.3, 0.4) is 0 Å². The summed E-state index contributed by atoms with van der Waals surface area (Å²) in [6.07, 6.45) is -3.10. The lowest BCUT2D eigenvalue weighted by molar-refractivity contribution is -0.147. The SMILES string of the molecule is COCCNC(=O)c1ccc(N2CCn3c(nnc3C(F)(F)F)C2)nc1. The third kappa shape index (κ3) is 3.77. The summed E-state index contributed by atoms with van der Waals surface area (Å²) in [7, 11) is 1.54. The lowest BCUT2D eigenvalue weighted by Crippen LogP contribution is -2.35. The van der Waals surface area contributed by atoms with Crippen LogP contribution in [0.1, 0.15) is 22.0 Å². The topological polar surface area (TPSA) is 85.2 Å². The van der Waals surface area contributed by atoms with Gasteiger partial charge in [0.15, 0.2) is 5.82 Å². The highest BCUT2D eigenvalue weighted by Gasteiger charge is 2.39. The first-order valence-electron chi connectivity index (χ1n) is 7.87. The van der Waals surface area contributed by atoms with Crippen molar-refractivity contribution in [3.8, 4) is 0 Å². The third-order valence-electron chi connectivity index (χ3n) is 3.93. The number of hydrogen-bond acceptors (Lipinski definition) is 6. The predicted molar refractivity (Wildman–Crippen MR) is 84.5 cm³/mol. The standard InChI is InChI=1S/C15H17F3N6O2/c1-26-7-4-19-13(25)10-2-3-11(20-8-10)23-5-6-24-12(9-23)21-22-14(24)15(16,17)18/h2-3,8H,4-7,9H2,1H3,(H,19,25). The minimum atomic E-state index is -4.52. The summed E-state index contributed by atoms with van der Waals surface area (Å²) in [4.78, 5) is 17.9. The van der Waals surface area contributed by atoms with Crippen molar-refractivity contribution in [1.29, 1.82) is 0 Å². The highest BCUT2D eigenvalue weighted by Crippen LogP contribution is 2.30. The fraction of sp³-hybridized carbons (Fsp3) is 0.467. The van der Waals surface area contributed by atoms with Crippen molar-refractivity contribution >= 4 is 11.7 Å². The molecule has 3 heterocycles. The molecule has 0 aliphatic carbocycles. The molecule has 0 aromatic carbocycles. The van der Waals surface area contributed by atoms with E-state index in [-0.39, 0.29) is 24.8 Å². The monoisotopic (exact) mass is 370 g/mol. The Morgan fingerprint density at radius 3 is 2.77 bits per heavy atom. The Labute approximate surface area is 147 Å². The summed E-state index contributed by atoms with van der Waals surface area (Å²) in [5.74, 6) is -0.467. The highest BCUT2D eigenvalue weighted by molar-refractivity contribution is 5.94. The molecule has 1 aliphatic rings. The lowest BCUT2D eigenvalue weighted by atomic mass is 10.2. The molecule has 0 fully saturated rings. The number of anilines is 1. The van der Waals surface area contributed by atoms with Gasteiger partial charge < -0.3 is 19.5 Å². The number of carbonyl (C=O) groups excluding carboxylic acids is 1. The van der Waals surface area contributed by atoms with Crippen LogP contribution < -0.4 is 10.2 Å². The van der Waals surface area contributed by atoms with Crippen molar-refractivity contribution in [2.24, 2.45) is 0 Å².